The monoisotopic (exact) mass is 477 g/mol. The molecule has 1 aromatic carbocycles. The molecule has 0 unspecified atom stereocenters. The summed E-state index contributed by atoms with van der Waals surface area (Å²) in [6.45, 7) is 3.63. The molecule has 3 fully saturated rings. The average Bonchev–Trinajstić information content (AvgIpc) is 3.20. The van der Waals surface area contributed by atoms with Gasteiger partial charge in [-0.1, -0.05) is 30.3 Å². The number of nitrogens with one attached hydrogen (secondary N) is 1. The lowest BCUT2D eigenvalue weighted by Gasteiger charge is -2.48. The molecule has 9 nitrogen and oxygen atoms in total. The molecule has 0 radical (unpaired) electrons. The van der Waals surface area contributed by atoms with Gasteiger partial charge in [0.2, 0.25) is 5.82 Å². The number of piperazine rings is 1. The smallest absolute Gasteiger partial charge is 0.322 e. The number of aromatic nitrogens is 2. The van der Waals surface area contributed by atoms with Gasteiger partial charge in [0.05, 0.1) is 30.2 Å². The van der Waals surface area contributed by atoms with Crippen molar-refractivity contribution < 1.29 is 9.59 Å². The summed E-state index contributed by atoms with van der Waals surface area (Å²) in [5.41, 5.74) is 1.66. The minimum atomic E-state index is -0.264. The van der Waals surface area contributed by atoms with Gasteiger partial charge in [-0.15, -0.1) is 0 Å². The minimum absolute atomic E-state index is 0.0287. The van der Waals surface area contributed by atoms with Gasteiger partial charge in [-0.25, -0.2) is 14.8 Å². The first-order valence-electron chi connectivity index (χ1n) is 12.4. The van der Waals surface area contributed by atoms with E-state index in [1.54, 1.807) is 22.2 Å². The summed E-state index contributed by atoms with van der Waals surface area (Å²) < 4.78 is 0. The number of nitrogens with zero attached hydrogens (tertiary/aromatic N) is 6. The van der Waals surface area contributed by atoms with Gasteiger partial charge in [0, 0.05) is 31.7 Å². The van der Waals surface area contributed by atoms with Gasteiger partial charge < -0.3 is 15.1 Å². The van der Waals surface area contributed by atoms with E-state index in [4.69, 9.17) is 0 Å². The lowest BCUT2D eigenvalue weighted by atomic mass is 9.69. The van der Waals surface area contributed by atoms with Gasteiger partial charge in [0.1, 0.15) is 0 Å². The van der Waals surface area contributed by atoms with E-state index in [0.717, 1.165) is 38.8 Å². The number of hydrogen-bond acceptors (Lipinski definition) is 6. The molecular formula is C26H35N7O2. The summed E-state index contributed by atoms with van der Waals surface area (Å²) in [7, 11) is 6.34. The summed E-state index contributed by atoms with van der Waals surface area (Å²) in [4.78, 5) is 42.4. The quantitative estimate of drug-likeness (QED) is 0.727. The summed E-state index contributed by atoms with van der Waals surface area (Å²) in [6.07, 6.45) is 6.92. The van der Waals surface area contributed by atoms with Crippen LogP contribution in [0.4, 0.5) is 10.5 Å². The molecule has 0 atom stereocenters. The fraction of sp³-hybridized carbons (Fsp3) is 0.538. The van der Waals surface area contributed by atoms with Crippen LogP contribution in [0.3, 0.4) is 0 Å². The molecular weight excluding hydrogens is 442 g/mol. The molecule has 1 aliphatic carbocycles. The van der Waals surface area contributed by atoms with Gasteiger partial charge >= 0.3 is 6.03 Å². The average molecular weight is 478 g/mol. The Morgan fingerprint density at radius 2 is 1.60 bits per heavy atom. The molecule has 1 spiro atoms. The van der Waals surface area contributed by atoms with Crippen molar-refractivity contribution in [3.63, 3.8) is 0 Å². The van der Waals surface area contributed by atoms with Crippen molar-refractivity contribution in [1.29, 1.82) is 0 Å². The lowest BCUT2D eigenvalue weighted by molar-refractivity contribution is 0.0651. The van der Waals surface area contributed by atoms with E-state index >= 15 is 0 Å². The topological polar surface area (TPSA) is 84.9 Å². The Hall–Kier alpha value is -3.04. The molecule has 2 aliphatic heterocycles. The molecule has 3 heterocycles. The van der Waals surface area contributed by atoms with Crippen LogP contribution in [0.25, 0.3) is 0 Å². The van der Waals surface area contributed by atoms with Crippen molar-refractivity contribution in [3.8, 4) is 0 Å². The molecule has 3 amide bonds. The predicted octanol–water partition coefficient (Wildman–Crippen LogP) is 2.16. The first kappa shape index (κ1) is 23.7. The van der Waals surface area contributed by atoms with Crippen LogP contribution in [0.15, 0.2) is 42.7 Å². The molecule has 3 aliphatic rings. The van der Waals surface area contributed by atoms with Crippen LogP contribution in [0.1, 0.15) is 41.9 Å². The summed E-state index contributed by atoms with van der Waals surface area (Å²) in [5, 5.41) is 3.27. The Morgan fingerprint density at radius 1 is 0.971 bits per heavy atom. The van der Waals surface area contributed by atoms with Crippen LogP contribution in [-0.4, -0.2) is 96.0 Å². The molecule has 186 valence electrons. The highest BCUT2D eigenvalue weighted by Crippen LogP contribution is 2.46. The zero-order valence-corrected chi connectivity index (χ0v) is 20.9. The van der Waals surface area contributed by atoms with E-state index in [2.05, 4.69) is 76.6 Å². The van der Waals surface area contributed by atoms with Gasteiger partial charge in [-0.2, -0.15) is 0 Å². The summed E-state index contributed by atoms with van der Waals surface area (Å²) in [6, 6.07) is 10.5. The molecule has 1 saturated carbocycles. The van der Waals surface area contributed by atoms with Crippen molar-refractivity contribution in [3.05, 3.63) is 54.1 Å². The third-order valence-electron chi connectivity index (χ3n) is 8.21. The van der Waals surface area contributed by atoms with Crippen LogP contribution < -0.4 is 10.2 Å². The largest absolute Gasteiger partial charge is 0.333 e. The first-order chi connectivity index (χ1) is 16.8. The Bertz CT molecular complexity index is 1060. The third kappa shape index (κ3) is 4.38. The Balaban J connectivity index is 1.27. The SMILES string of the molecule is CN1CCN(C(=O)c2ncc(N3C[C@]4(CC[C@@](c5ccccc5)(N(C)C)CC4)NC3=O)cn2)CC1. The zero-order chi connectivity index (χ0) is 24.6. The number of anilines is 1. The lowest BCUT2D eigenvalue weighted by Crippen LogP contribution is -2.54. The highest BCUT2D eigenvalue weighted by molar-refractivity contribution is 5.95. The van der Waals surface area contributed by atoms with E-state index in [-0.39, 0.29) is 28.8 Å². The highest BCUT2D eigenvalue weighted by atomic mass is 16.2. The van der Waals surface area contributed by atoms with E-state index < -0.39 is 0 Å². The number of carbonyl (C=O) groups excluding carboxylic acids is 2. The van der Waals surface area contributed by atoms with Crippen LogP contribution in [0, 0.1) is 0 Å². The van der Waals surface area contributed by atoms with Crippen LogP contribution >= 0.6 is 0 Å². The number of carbonyl (C=O) groups is 2. The number of likely N-dealkylation sites (N-methyl/N-ethyl adjacent to an activating group) is 1. The maximum atomic E-state index is 13.0. The Morgan fingerprint density at radius 3 is 2.20 bits per heavy atom. The number of rotatable bonds is 4. The first-order valence-corrected chi connectivity index (χ1v) is 12.4. The fourth-order valence-corrected chi connectivity index (χ4v) is 5.81. The van der Waals surface area contributed by atoms with Crippen LogP contribution in [0.2, 0.25) is 0 Å². The maximum absolute atomic E-state index is 13.0. The molecule has 2 saturated heterocycles. The van der Waals surface area contributed by atoms with Crippen molar-refractivity contribution in [1.82, 2.24) is 30.0 Å². The second-order valence-electron chi connectivity index (χ2n) is 10.4. The maximum Gasteiger partial charge on any atom is 0.322 e. The second kappa shape index (κ2) is 9.20. The Kier molecular flexibility index (Phi) is 6.23. The van der Waals surface area contributed by atoms with Crippen LogP contribution in [0.5, 0.6) is 0 Å². The minimum Gasteiger partial charge on any atom is -0.333 e. The normalized spacial score (nSPS) is 27.5. The van der Waals surface area contributed by atoms with E-state index in [1.165, 1.54) is 5.56 Å². The van der Waals surface area contributed by atoms with Gasteiger partial charge in [0.15, 0.2) is 0 Å². The van der Waals surface area contributed by atoms with Crippen molar-refractivity contribution in [2.45, 2.75) is 36.8 Å². The number of hydrogen-bond donors (Lipinski definition) is 1. The highest BCUT2D eigenvalue weighted by Gasteiger charge is 2.50. The molecule has 0 bridgehead atoms. The standard InChI is InChI=1S/C26H35N7O2/c1-30(2)26(20-7-5-4-6-8-20)11-9-25(10-12-26)19-33(24(35)29-25)21-17-27-22(28-18-21)23(34)32-15-13-31(3)14-16-32/h4-8,17-18H,9-16,19H2,1-3H3,(H,29,35)/t25-,26-. The van der Waals surface area contributed by atoms with Crippen molar-refractivity contribution in [2.24, 2.45) is 0 Å². The number of benzene rings is 1. The Labute approximate surface area is 207 Å². The zero-order valence-electron chi connectivity index (χ0n) is 20.9. The van der Waals surface area contributed by atoms with E-state index in [0.29, 0.717) is 25.3 Å². The van der Waals surface area contributed by atoms with E-state index in [9.17, 15) is 9.59 Å². The van der Waals surface area contributed by atoms with Gasteiger partial charge in [0.25, 0.3) is 5.91 Å². The molecule has 1 aromatic heterocycles. The van der Waals surface area contributed by atoms with Gasteiger partial charge in [-0.3, -0.25) is 14.6 Å². The van der Waals surface area contributed by atoms with E-state index in [1.807, 2.05) is 0 Å². The molecule has 5 rings (SSSR count). The summed E-state index contributed by atoms with van der Waals surface area (Å²) in [5.74, 6) is 0.0316. The number of amides is 3. The molecule has 35 heavy (non-hydrogen) atoms. The van der Waals surface area contributed by atoms with Crippen LogP contribution in [-0.2, 0) is 5.54 Å². The fourth-order valence-electron chi connectivity index (χ4n) is 5.81. The molecule has 1 N–H and O–H groups in total. The molecule has 2 aromatic rings. The molecule has 9 heteroatoms. The van der Waals surface area contributed by atoms with Crippen molar-refractivity contribution >= 4 is 17.6 Å². The predicted molar refractivity (Wildman–Crippen MR) is 134 cm³/mol. The second-order valence-corrected chi connectivity index (χ2v) is 10.4. The number of urea groups is 1. The van der Waals surface area contributed by atoms with Gasteiger partial charge in [-0.05, 0) is 52.4 Å². The third-order valence-corrected chi connectivity index (χ3v) is 8.21. The summed E-state index contributed by atoms with van der Waals surface area (Å²) >= 11 is 0. The van der Waals surface area contributed by atoms with Crippen molar-refractivity contribution in [2.75, 3.05) is 58.8 Å².